The van der Waals surface area contributed by atoms with Crippen LogP contribution >= 0.6 is 0 Å². The fraction of sp³-hybridized carbons (Fsp3) is 0.875. The summed E-state index contributed by atoms with van der Waals surface area (Å²) in [5.41, 5.74) is 0. The molecule has 0 bridgehead atoms. The fourth-order valence-corrected chi connectivity index (χ4v) is 0.901. The molecule has 4 nitrogen and oxygen atoms in total. The predicted molar refractivity (Wildman–Crippen MR) is 50.1 cm³/mol. The molecule has 0 aliphatic rings. The minimum absolute atomic E-state index is 0.0768. The quantitative estimate of drug-likeness (QED) is 0.557. The summed E-state index contributed by atoms with van der Waals surface area (Å²) in [7, 11) is 3.57. The first-order valence-electron chi connectivity index (χ1n) is 4.32. The Balaban J connectivity index is 3.59. The maximum atomic E-state index is 11.0. The molecule has 72 valence electrons. The van der Waals surface area contributed by atoms with Gasteiger partial charge in [-0.25, -0.2) is 0 Å². The number of nitrogens with one attached hydrogen (secondary N) is 2. The Morgan fingerprint density at radius 3 is 2.50 bits per heavy atom. The molecule has 0 spiro atoms. The van der Waals surface area contributed by atoms with Crippen LogP contribution in [0.3, 0.4) is 0 Å². The number of hydrogen-bond donors (Lipinski definition) is 2. The number of nitrogens with zero attached hydrogens (tertiary/aromatic N) is 1. The highest BCUT2D eigenvalue weighted by Gasteiger charge is 2.05. The van der Waals surface area contributed by atoms with Crippen molar-refractivity contribution in [2.24, 2.45) is 0 Å². The van der Waals surface area contributed by atoms with Crippen molar-refractivity contribution in [2.45, 2.75) is 6.92 Å². The van der Waals surface area contributed by atoms with Crippen LogP contribution in [0.4, 0.5) is 0 Å². The van der Waals surface area contributed by atoms with E-state index in [1.165, 1.54) is 0 Å². The van der Waals surface area contributed by atoms with Crippen LogP contribution in [-0.4, -0.2) is 51.1 Å². The molecule has 12 heavy (non-hydrogen) atoms. The van der Waals surface area contributed by atoms with Crippen LogP contribution in [-0.2, 0) is 4.79 Å². The second kappa shape index (κ2) is 7.06. The number of hydrogen-bond acceptors (Lipinski definition) is 3. The lowest BCUT2D eigenvalue weighted by Gasteiger charge is -2.18. The van der Waals surface area contributed by atoms with E-state index in [0.29, 0.717) is 6.54 Å². The van der Waals surface area contributed by atoms with Crippen molar-refractivity contribution in [3.8, 4) is 0 Å². The van der Waals surface area contributed by atoms with E-state index in [9.17, 15) is 4.79 Å². The first-order chi connectivity index (χ1) is 5.74. The standard InChI is InChI=1S/C8H19N3O/c1-4-11(6-5-9-2)7-8(12)10-3/h9H,4-7H2,1-3H3,(H,10,12). The molecular weight excluding hydrogens is 154 g/mol. The second-order valence-corrected chi connectivity index (χ2v) is 2.65. The summed E-state index contributed by atoms with van der Waals surface area (Å²) in [5.74, 6) is 0.0768. The van der Waals surface area contributed by atoms with Gasteiger partial charge in [-0.05, 0) is 13.6 Å². The highest BCUT2D eigenvalue weighted by molar-refractivity contribution is 5.77. The number of rotatable bonds is 6. The molecule has 0 saturated heterocycles. The predicted octanol–water partition coefficient (Wildman–Crippen LogP) is -0.726. The van der Waals surface area contributed by atoms with Gasteiger partial charge in [0.2, 0.25) is 5.91 Å². The molecule has 0 aliphatic carbocycles. The van der Waals surface area contributed by atoms with Gasteiger partial charge in [-0.3, -0.25) is 9.69 Å². The Morgan fingerprint density at radius 2 is 2.08 bits per heavy atom. The van der Waals surface area contributed by atoms with Crippen molar-refractivity contribution in [1.82, 2.24) is 15.5 Å². The van der Waals surface area contributed by atoms with Crippen LogP contribution in [0.1, 0.15) is 6.92 Å². The van der Waals surface area contributed by atoms with Gasteiger partial charge >= 0.3 is 0 Å². The van der Waals surface area contributed by atoms with E-state index in [0.717, 1.165) is 19.6 Å². The lowest BCUT2D eigenvalue weighted by Crippen LogP contribution is -2.38. The summed E-state index contributed by atoms with van der Waals surface area (Å²) in [6.07, 6.45) is 0. The Labute approximate surface area is 74.3 Å². The molecule has 0 aliphatic heterocycles. The minimum atomic E-state index is 0.0768. The molecule has 0 saturated carbocycles. The van der Waals surface area contributed by atoms with E-state index in [2.05, 4.69) is 22.5 Å². The van der Waals surface area contributed by atoms with E-state index in [4.69, 9.17) is 0 Å². The van der Waals surface area contributed by atoms with Gasteiger partial charge in [-0.2, -0.15) is 0 Å². The maximum absolute atomic E-state index is 11.0. The zero-order valence-electron chi connectivity index (χ0n) is 8.18. The summed E-state index contributed by atoms with van der Waals surface area (Å²) in [6.45, 7) is 5.30. The monoisotopic (exact) mass is 173 g/mol. The number of likely N-dealkylation sites (N-methyl/N-ethyl adjacent to an activating group) is 3. The molecule has 0 unspecified atom stereocenters. The lowest BCUT2D eigenvalue weighted by atomic mass is 10.4. The number of carbonyl (C=O) groups excluding carboxylic acids is 1. The Hall–Kier alpha value is -0.610. The largest absolute Gasteiger partial charge is 0.358 e. The van der Waals surface area contributed by atoms with E-state index in [1.54, 1.807) is 7.05 Å². The van der Waals surface area contributed by atoms with E-state index in [1.807, 2.05) is 7.05 Å². The van der Waals surface area contributed by atoms with Gasteiger partial charge in [0.1, 0.15) is 0 Å². The molecule has 0 heterocycles. The van der Waals surface area contributed by atoms with Crippen molar-refractivity contribution in [3.63, 3.8) is 0 Å². The Bertz CT molecular complexity index is 127. The number of amides is 1. The average molecular weight is 173 g/mol. The first kappa shape index (κ1) is 11.4. The van der Waals surface area contributed by atoms with Crippen LogP contribution in [0.2, 0.25) is 0 Å². The molecule has 0 radical (unpaired) electrons. The van der Waals surface area contributed by atoms with Gasteiger partial charge < -0.3 is 10.6 Å². The molecule has 0 fully saturated rings. The van der Waals surface area contributed by atoms with Gasteiger partial charge in [0, 0.05) is 20.1 Å². The van der Waals surface area contributed by atoms with Gasteiger partial charge in [0.15, 0.2) is 0 Å². The van der Waals surface area contributed by atoms with Crippen LogP contribution in [0.15, 0.2) is 0 Å². The van der Waals surface area contributed by atoms with E-state index in [-0.39, 0.29) is 5.91 Å². The Morgan fingerprint density at radius 1 is 1.42 bits per heavy atom. The van der Waals surface area contributed by atoms with Crippen molar-refractivity contribution in [2.75, 3.05) is 40.3 Å². The van der Waals surface area contributed by atoms with Gasteiger partial charge in [-0.1, -0.05) is 6.92 Å². The molecule has 1 amide bonds. The first-order valence-corrected chi connectivity index (χ1v) is 4.32. The van der Waals surface area contributed by atoms with Crippen molar-refractivity contribution in [1.29, 1.82) is 0 Å². The molecule has 0 aromatic rings. The van der Waals surface area contributed by atoms with Crippen LogP contribution in [0.5, 0.6) is 0 Å². The fourth-order valence-electron chi connectivity index (χ4n) is 0.901. The van der Waals surface area contributed by atoms with Crippen LogP contribution in [0, 0.1) is 0 Å². The van der Waals surface area contributed by atoms with E-state index >= 15 is 0 Å². The zero-order chi connectivity index (χ0) is 9.40. The third-order valence-corrected chi connectivity index (χ3v) is 1.77. The van der Waals surface area contributed by atoms with Crippen molar-refractivity contribution >= 4 is 5.91 Å². The molecule has 2 N–H and O–H groups in total. The second-order valence-electron chi connectivity index (χ2n) is 2.65. The Kier molecular flexibility index (Phi) is 6.70. The SMILES string of the molecule is CCN(CCNC)CC(=O)NC. The lowest BCUT2D eigenvalue weighted by molar-refractivity contribution is -0.121. The molecule has 0 atom stereocenters. The van der Waals surface area contributed by atoms with E-state index < -0.39 is 0 Å². The minimum Gasteiger partial charge on any atom is -0.358 e. The van der Waals surface area contributed by atoms with Gasteiger partial charge in [-0.15, -0.1) is 0 Å². The summed E-state index contributed by atoms with van der Waals surface area (Å²) in [6, 6.07) is 0. The summed E-state index contributed by atoms with van der Waals surface area (Å²) < 4.78 is 0. The molecule has 0 aromatic carbocycles. The third kappa shape index (κ3) is 5.09. The molecular formula is C8H19N3O. The van der Waals surface area contributed by atoms with Crippen LogP contribution < -0.4 is 10.6 Å². The highest BCUT2D eigenvalue weighted by atomic mass is 16.1. The maximum Gasteiger partial charge on any atom is 0.233 e. The summed E-state index contributed by atoms with van der Waals surface area (Å²) in [4.78, 5) is 13.1. The molecule has 0 rings (SSSR count). The number of carbonyl (C=O) groups is 1. The van der Waals surface area contributed by atoms with Crippen molar-refractivity contribution < 1.29 is 4.79 Å². The van der Waals surface area contributed by atoms with Gasteiger partial charge in [0.25, 0.3) is 0 Å². The van der Waals surface area contributed by atoms with Crippen molar-refractivity contribution in [3.05, 3.63) is 0 Å². The third-order valence-electron chi connectivity index (χ3n) is 1.77. The van der Waals surface area contributed by atoms with Gasteiger partial charge in [0.05, 0.1) is 6.54 Å². The smallest absolute Gasteiger partial charge is 0.233 e. The zero-order valence-corrected chi connectivity index (χ0v) is 8.18. The summed E-state index contributed by atoms with van der Waals surface area (Å²) >= 11 is 0. The molecule has 4 heteroatoms. The highest BCUT2D eigenvalue weighted by Crippen LogP contribution is 1.85. The molecule has 0 aromatic heterocycles. The average Bonchev–Trinajstić information content (AvgIpc) is 2.11. The van der Waals surface area contributed by atoms with Crippen LogP contribution in [0.25, 0.3) is 0 Å². The normalized spacial score (nSPS) is 10.3. The summed E-state index contributed by atoms with van der Waals surface area (Å²) in [5, 5.41) is 5.66. The topological polar surface area (TPSA) is 44.4 Å².